The predicted octanol–water partition coefficient (Wildman–Crippen LogP) is 5.00. The number of hydrogen-bond donors (Lipinski definition) is 1. The first-order valence-corrected chi connectivity index (χ1v) is 10.2. The highest BCUT2D eigenvalue weighted by Crippen LogP contribution is 2.42. The van der Waals surface area contributed by atoms with Crippen LogP contribution in [0.1, 0.15) is 40.9 Å². The zero-order valence-electron chi connectivity index (χ0n) is 17.9. The lowest BCUT2D eigenvalue weighted by molar-refractivity contribution is -0.122. The molecular weight excluding hydrogens is 436 g/mol. The molecular formula is C25H20F4N2O2. The summed E-state index contributed by atoms with van der Waals surface area (Å²) in [7, 11) is 0. The van der Waals surface area contributed by atoms with Crippen LogP contribution >= 0.6 is 0 Å². The average Bonchev–Trinajstić information content (AvgIpc) is 2.94. The molecule has 0 saturated carbocycles. The molecule has 0 fully saturated rings. The van der Waals surface area contributed by atoms with Crippen LogP contribution in [0.15, 0.2) is 54.6 Å². The van der Waals surface area contributed by atoms with E-state index in [0.717, 1.165) is 0 Å². The molecule has 8 heteroatoms. The van der Waals surface area contributed by atoms with Gasteiger partial charge in [0.1, 0.15) is 23.3 Å². The third-order valence-corrected chi connectivity index (χ3v) is 5.82. The number of nitrogens with zero attached hydrogens (tertiary/aromatic N) is 1. The molecule has 0 bridgehead atoms. The van der Waals surface area contributed by atoms with Gasteiger partial charge in [-0.3, -0.25) is 9.59 Å². The lowest BCUT2D eigenvalue weighted by Gasteiger charge is -2.21. The standard InChI is InChI=1S/C25H20F4N2O2/c1-25(2)18-8-7-14(23(32)30-12-17-20(28)10-16(26)11-21(17)29)9-22(18)31(24(25)33)13-15-5-3-4-6-19(15)27/h3-11H,12-13H2,1-2H3,(H,30,32). The lowest BCUT2D eigenvalue weighted by atomic mass is 9.86. The Labute approximate surface area is 187 Å². The third-order valence-electron chi connectivity index (χ3n) is 5.82. The Morgan fingerprint density at radius 3 is 2.27 bits per heavy atom. The maximum Gasteiger partial charge on any atom is 0.251 e. The molecule has 1 N–H and O–H groups in total. The third kappa shape index (κ3) is 4.08. The Hall–Kier alpha value is -3.68. The summed E-state index contributed by atoms with van der Waals surface area (Å²) < 4.78 is 55.0. The Morgan fingerprint density at radius 2 is 1.61 bits per heavy atom. The quantitative estimate of drug-likeness (QED) is 0.550. The monoisotopic (exact) mass is 456 g/mol. The minimum absolute atomic E-state index is 0.0149. The Bertz CT molecular complexity index is 1250. The van der Waals surface area contributed by atoms with E-state index in [0.29, 0.717) is 28.9 Å². The van der Waals surface area contributed by atoms with E-state index in [2.05, 4.69) is 5.32 Å². The van der Waals surface area contributed by atoms with Gasteiger partial charge in [-0.1, -0.05) is 24.3 Å². The molecule has 0 unspecified atom stereocenters. The summed E-state index contributed by atoms with van der Waals surface area (Å²) in [5.74, 6) is -4.59. The van der Waals surface area contributed by atoms with Crippen LogP contribution in [0.3, 0.4) is 0 Å². The van der Waals surface area contributed by atoms with Gasteiger partial charge in [0.05, 0.1) is 12.0 Å². The normalized spacial score (nSPS) is 14.4. The van der Waals surface area contributed by atoms with Gasteiger partial charge >= 0.3 is 0 Å². The minimum atomic E-state index is -1.11. The zero-order valence-corrected chi connectivity index (χ0v) is 17.9. The number of carbonyl (C=O) groups is 2. The predicted molar refractivity (Wildman–Crippen MR) is 115 cm³/mol. The Morgan fingerprint density at radius 1 is 0.939 bits per heavy atom. The average molecular weight is 456 g/mol. The van der Waals surface area contributed by atoms with Crippen molar-refractivity contribution in [2.75, 3.05) is 4.90 Å². The Balaban J connectivity index is 1.61. The molecule has 3 aromatic carbocycles. The van der Waals surface area contributed by atoms with Gasteiger partial charge < -0.3 is 10.2 Å². The van der Waals surface area contributed by atoms with Crippen molar-refractivity contribution < 1.29 is 27.2 Å². The second-order valence-corrected chi connectivity index (χ2v) is 8.37. The number of nitrogens with one attached hydrogen (secondary N) is 1. The van der Waals surface area contributed by atoms with Gasteiger partial charge in [-0.15, -0.1) is 0 Å². The van der Waals surface area contributed by atoms with Crippen molar-refractivity contribution in [3.05, 3.63) is 100 Å². The summed E-state index contributed by atoms with van der Waals surface area (Å²) in [6.45, 7) is 2.99. The molecule has 0 aliphatic carbocycles. The number of anilines is 1. The second-order valence-electron chi connectivity index (χ2n) is 8.37. The number of halogens is 4. The van der Waals surface area contributed by atoms with Gasteiger partial charge in [-0.25, -0.2) is 17.6 Å². The van der Waals surface area contributed by atoms with E-state index < -0.39 is 46.7 Å². The van der Waals surface area contributed by atoms with Crippen molar-refractivity contribution in [3.8, 4) is 0 Å². The summed E-state index contributed by atoms with van der Waals surface area (Å²) in [5.41, 5.74) is 0.266. The van der Waals surface area contributed by atoms with Crippen molar-refractivity contribution in [2.24, 2.45) is 0 Å². The molecule has 0 saturated heterocycles. The molecule has 4 rings (SSSR count). The SMILES string of the molecule is CC1(C)C(=O)N(Cc2ccccc2F)c2cc(C(=O)NCc3c(F)cc(F)cc3F)ccc21. The van der Waals surface area contributed by atoms with Crippen LogP contribution in [-0.2, 0) is 23.3 Å². The van der Waals surface area contributed by atoms with Crippen molar-refractivity contribution in [2.45, 2.75) is 32.4 Å². The fourth-order valence-corrected chi connectivity index (χ4v) is 3.95. The number of rotatable bonds is 5. The van der Waals surface area contributed by atoms with Crippen molar-refractivity contribution in [1.82, 2.24) is 5.32 Å². The number of carbonyl (C=O) groups excluding carboxylic acids is 2. The molecule has 170 valence electrons. The van der Waals surface area contributed by atoms with Crippen LogP contribution in [0.5, 0.6) is 0 Å². The fraction of sp³-hybridized carbons (Fsp3) is 0.200. The van der Waals surface area contributed by atoms with Crippen molar-refractivity contribution in [1.29, 1.82) is 0 Å². The summed E-state index contributed by atoms with van der Waals surface area (Å²) >= 11 is 0. The number of benzene rings is 3. The molecule has 0 aromatic heterocycles. The van der Waals surface area contributed by atoms with Gasteiger partial charge in [0.2, 0.25) is 5.91 Å². The molecule has 2 amide bonds. The highest BCUT2D eigenvalue weighted by molar-refractivity contribution is 6.08. The molecule has 1 aliphatic rings. The van der Waals surface area contributed by atoms with Crippen LogP contribution in [0.4, 0.5) is 23.2 Å². The highest BCUT2D eigenvalue weighted by Gasteiger charge is 2.44. The van der Waals surface area contributed by atoms with Gasteiger partial charge in [0.15, 0.2) is 0 Å². The van der Waals surface area contributed by atoms with Crippen LogP contribution in [0, 0.1) is 23.3 Å². The largest absolute Gasteiger partial charge is 0.348 e. The van der Waals surface area contributed by atoms with Gasteiger partial charge in [-0.2, -0.15) is 0 Å². The first kappa shape index (κ1) is 22.5. The van der Waals surface area contributed by atoms with Crippen LogP contribution < -0.4 is 10.2 Å². The van der Waals surface area contributed by atoms with Gasteiger partial charge in [-0.05, 0) is 37.6 Å². The maximum atomic E-state index is 14.2. The number of hydrogen-bond acceptors (Lipinski definition) is 2. The summed E-state index contributed by atoms with van der Waals surface area (Å²) in [6.07, 6.45) is 0. The molecule has 1 heterocycles. The van der Waals surface area contributed by atoms with E-state index in [1.807, 2.05) is 0 Å². The maximum absolute atomic E-state index is 14.2. The molecule has 0 radical (unpaired) electrons. The van der Waals surface area contributed by atoms with Crippen LogP contribution in [-0.4, -0.2) is 11.8 Å². The molecule has 0 spiro atoms. The molecule has 3 aromatic rings. The first-order chi connectivity index (χ1) is 15.6. The zero-order chi connectivity index (χ0) is 23.9. The van der Waals surface area contributed by atoms with E-state index in [9.17, 15) is 27.2 Å². The van der Waals surface area contributed by atoms with Crippen molar-refractivity contribution >= 4 is 17.5 Å². The molecule has 33 heavy (non-hydrogen) atoms. The smallest absolute Gasteiger partial charge is 0.251 e. The minimum Gasteiger partial charge on any atom is -0.348 e. The number of amides is 2. The van der Waals surface area contributed by atoms with Crippen molar-refractivity contribution in [3.63, 3.8) is 0 Å². The van der Waals surface area contributed by atoms with E-state index in [4.69, 9.17) is 0 Å². The topological polar surface area (TPSA) is 49.4 Å². The van der Waals surface area contributed by atoms with Crippen LogP contribution in [0.25, 0.3) is 0 Å². The highest BCUT2D eigenvalue weighted by atomic mass is 19.1. The Kier molecular flexibility index (Phi) is 5.69. The van der Waals surface area contributed by atoms with E-state index in [1.54, 1.807) is 38.1 Å². The van der Waals surface area contributed by atoms with Gasteiger partial charge in [0.25, 0.3) is 5.91 Å². The molecule has 4 nitrogen and oxygen atoms in total. The van der Waals surface area contributed by atoms with E-state index in [-0.39, 0.29) is 18.0 Å². The molecule has 1 aliphatic heterocycles. The lowest BCUT2D eigenvalue weighted by Crippen LogP contribution is -2.35. The second kappa shape index (κ2) is 8.35. The van der Waals surface area contributed by atoms with E-state index >= 15 is 0 Å². The summed E-state index contributed by atoms with van der Waals surface area (Å²) in [4.78, 5) is 27.2. The van der Waals surface area contributed by atoms with Gasteiger partial charge in [0, 0.05) is 41.1 Å². The van der Waals surface area contributed by atoms with E-state index in [1.165, 1.54) is 23.1 Å². The summed E-state index contributed by atoms with van der Waals surface area (Å²) in [5, 5.41) is 2.41. The number of fused-ring (bicyclic) bond motifs is 1. The summed E-state index contributed by atoms with van der Waals surface area (Å²) in [6, 6.07) is 11.8. The molecule has 0 atom stereocenters. The first-order valence-electron chi connectivity index (χ1n) is 10.2. The van der Waals surface area contributed by atoms with Crippen LogP contribution in [0.2, 0.25) is 0 Å². The fourth-order valence-electron chi connectivity index (χ4n) is 3.95.